The van der Waals surface area contributed by atoms with Crippen molar-refractivity contribution in [3.05, 3.63) is 41.2 Å². The highest BCUT2D eigenvalue weighted by Gasteiger charge is 2.11. The molecule has 0 amide bonds. The molecular weight excluding hydrogens is 290 g/mol. The number of aliphatic hydroxyl groups is 1. The summed E-state index contributed by atoms with van der Waals surface area (Å²) < 4.78 is 7.70. The predicted molar refractivity (Wildman–Crippen MR) is 90.5 cm³/mol. The first-order valence-electron chi connectivity index (χ1n) is 8.46. The van der Waals surface area contributed by atoms with Crippen LogP contribution >= 0.6 is 0 Å². The summed E-state index contributed by atoms with van der Waals surface area (Å²) in [6.45, 7) is 5.72. The molecule has 0 aliphatic heterocycles. The van der Waals surface area contributed by atoms with Gasteiger partial charge in [0.2, 0.25) is 0 Å². The van der Waals surface area contributed by atoms with Gasteiger partial charge in [0.15, 0.2) is 0 Å². The van der Waals surface area contributed by atoms with Gasteiger partial charge in [-0.05, 0) is 50.3 Å². The monoisotopic (exact) mass is 317 g/mol. The maximum atomic E-state index is 9.35. The van der Waals surface area contributed by atoms with Crippen LogP contribution in [0.3, 0.4) is 0 Å². The molecule has 5 nitrogen and oxygen atoms in total. The Labute approximate surface area is 138 Å². The molecule has 1 aromatic heterocycles. The molecule has 2 aromatic rings. The van der Waals surface area contributed by atoms with Crippen LogP contribution in [0.1, 0.15) is 49.6 Å². The molecule has 0 saturated heterocycles. The molecule has 0 aliphatic rings. The number of aromatic nitrogens is 3. The van der Waals surface area contributed by atoms with Crippen LogP contribution in [-0.4, -0.2) is 26.7 Å². The molecule has 2 rings (SSSR count). The van der Waals surface area contributed by atoms with Crippen LogP contribution in [0.25, 0.3) is 0 Å². The first-order chi connectivity index (χ1) is 11.2. The summed E-state index contributed by atoms with van der Waals surface area (Å²) in [5, 5.41) is 17.6. The number of hydrogen-bond acceptors (Lipinski definition) is 4. The second-order valence-electron chi connectivity index (χ2n) is 5.84. The molecule has 126 valence electrons. The normalized spacial score (nSPS) is 10.9. The number of aryl methyl sites for hydroxylation is 2. The largest absolute Gasteiger partial charge is 0.494 e. The van der Waals surface area contributed by atoms with E-state index in [0.717, 1.165) is 55.8 Å². The van der Waals surface area contributed by atoms with Crippen molar-refractivity contribution < 1.29 is 9.84 Å². The fraction of sp³-hybridized carbons (Fsp3) is 0.556. The number of ether oxygens (including phenoxy) is 1. The van der Waals surface area contributed by atoms with E-state index in [0.29, 0.717) is 6.61 Å². The van der Waals surface area contributed by atoms with E-state index < -0.39 is 0 Å². The SMILES string of the molecule is CCCCc1c(CO)nnn1CCCCOc1cccc(C)c1. The van der Waals surface area contributed by atoms with Gasteiger partial charge in [-0.2, -0.15) is 0 Å². The minimum absolute atomic E-state index is 0.0322. The van der Waals surface area contributed by atoms with E-state index in [4.69, 9.17) is 4.74 Å². The van der Waals surface area contributed by atoms with Gasteiger partial charge in [0, 0.05) is 6.54 Å². The van der Waals surface area contributed by atoms with Gasteiger partial charge in [0.1, 0.15) is 11.4 Å². The van der Waals surface area contributed by atoms with Crippen LogP contribution in [0.2, 0.25) is 0 Å². The molecule has 1 N–H and O–H groups in total. The van der Waals surface area contributed by atoms with Crippen molar-refractivity contribution in [3.8, 4) is 5.75 Å². The van der Waals surface area contributed by atoms with Crippen molar-refractivity contribution in [2.24, 2.45) is 0 Å². The zero-order chi connectivity index (χ0) is 16.5. The molecule has 0 aliphatic carbocycles. The molecule has 0 atom stereocenters. The number of hydrogen-bond donors (Lipinski definition) is 1. The summed E-state index contributed by atoms with van der Waals surface area (Å²) in [7, 11) is 0. The smallest absolute Gasteiger partial charge is 0.119 e. The van der Waals surface area contributed by atoms with E-state index in [9.17, 15) is 5.11 Å². The maximum absolute atomic E-state index is 9.35. The average Bonchev–Trinajstić information content (AvgIpc) is 2.94. The quantitative estimate of drug-likeness (QED) is 0.683. The lowest BCUT2D eigenvalue weighted by atomic mass is 10.1. The highest BCUT2D eigenvalue weighted by Crippen LogP contribution is 2.14. The number of rotatable bonds is 10. The summed E-state index contributed by atoms with van der Waals surface area (Å²) in [6.07, 6.45) is 5.10. The highest BCUT2D eigenvalue weighted by atomic mass is 16.5. The third kappa shape index (κ3) is 5.36. The lowest BCUT2D eigenvalue weighted by Gasteiger charge is -2.09. The van der Waals surface area contributed by atoms with E-state index in [-0.39, 0.29) is 6.61 Å². The van der Waals surface area contributed by atoms with Crippen LogP contribution in [0.4, 0.5) is 0 Å². The molecule has 0 spiro atoms. The van der Waals surface area contributed by atoms with Crippen molar-refractivity contribution in [1.29, 1.82) is 0 Å². The minimum Gasteiger partial charge on any atom is -0.494 e. The first kappa shape index (κ1) is 17.5. The van der Waals surface area contributed by atoms with Gasteiger partial charge in [0.05, 0.1) is 18.9 Å². The van der Waals surface area contributed by atoms with Crippen molar-refractivity contribution in [3.63, 3.8) is 0 Å². The van der Waals surface area contributed by atoms with Crippen LogP contribution in [0.5, 0.6) is 5.75 Å². The Morgan fingerprint density at radius 3 is 2.83 bits per heavy atom. The fourth-order valence-corrected chi connectivity index (χ4v) is 2.55. The molecule has 0 unspecified atom stereocenters. The Morgan fingerprint density at radius 1 is 1.22 bits per heavy atom. The van der Waals surface area contributed by atoms with Crippen LogP contribution in [-0.2, 0) is 19.6 Å². The third-order valence-electron chi connectivity index (χ3n) is 3.86. The zero-order valence-corrected chi connectivity index (χ0v) is 14.2. The van der Waals surface area contributed by atoms with Gasteiger partial charge in [0.25, 0.3) is 0 Å². The molecule has 0 bridgehead atoms. The van der Waals surface area contributed by atoms with Gasteiger partial charge in [-0.1, -0.05) is 30.7 Å². The Kier molecular flexibility index (Phi) is 7.07. The van der Waals surface area contributed by atoms with Crippen molar-refractivity contribution in [2.45, 2.75) is 59.1 Å². The molecule has 5 heteroatoms. The van der Waals surface area contributed by atoms with Crippen molar-refractivity contribution >= 4 is 0 Å². The number of unbranched alkanes of at least 4 members (excludes halogenated alkanes) is 2. The van der Waals surface area contributed by atoms with Crippen LogP contribution in [0, 0.1) is 6.92 Å². The van der Waals surface area contributed by atoms with Gasteiger partial charge in [-0.3, -0.25) is 0 Å². The van der Waals surface area contributed by atoms with Crippen molar-refractivity contribution in [1.82, 2.24) is 15.0 Å². The molecule has 1 aromatic carbocycles. The second-order valence-corrected chi connectivity index (χ2v) is 5.84. The second kappa shape index (κ2) is 9.30. The van der Waals surface area contributed by atoms with E-state index in [1.54, 1.807) is 0 Å². The lowest BCUT2D eigenvalue weighted by Crippen LogP contribution is -2.08. The molecular formula is C18H27N3O2. The van der Waals surface area contributed by atoms with E-state index in [2.05, 4.69) is 30.2 Å². The van der Waals surface area contributed by atoms with Crippen molar-refractivity contribution in [2.75, 3.05) is 6.61 Å². The maximum Gasteiger partial charge on any atom is 0.119 e. The summed E-state index contributed by atoms with van der Waals surface area (Å²) in [6, 6.07) is 8.11. The molecule has 0 fully saturated rings. The standard InChI is InChI=1S/C18H27N3O2/c1-3-4-10-18-17(14-22)19-20-21(18)11-5-6-12-23-16-9-7-8-15(2)13-16/h7-9,13,22H,3-6,10-12,14H2,1-2H3. The third-order valence-corrected chi connectivity index (χ3v) is 3.86. The Balaban J connectivity index is 1.76. The topological polar surface area (TPSA) is 60.2 Å². The highest BCUT2D eigenvalue weighted by molar-refractivity contribution is 5.27. The van der Waals surface area contributed by atoms with Gasteiger partial charge >= 0.3 is 0 Å². The lowest BCUT2D eigenvalue weighted by molar-refractivity contribution is 0.275. The molecule has 0 saturated carbocycles. The first-order valence-corrected chi connectivity index (χ1v) is 8.46. The molecule has 1 heterocycles. The summed E-state index contributed by atoms with van der Waals surface area (Å²) in [4.78, 5) is 0. The van der Waals surface area contributed by atoms with Gasteiger partial charge < -0.3 is 9.84 Å². The Hall–Kier alpha value is -1.88. The average molecular weight is 317 g/mol. The Morgan fingerprint density at radius 2 is 2.09 bits per heavy atom. The number of aliphatic hydroxyl groups excluding tert-OH is 1. The summed E-state index contributed by atoms with van der Waals surface area (Å²) in [5.41, 5.74) is 3.01. The fourth-order valence-electron chi connectivity index (χ4n) is 2.55. The summed E-state index contributed by atoms with van der Waals surface area (Å²) >= 11 is 0. The van der Waals surface area contributed by atoms with Gasteiger partial charge in [-0.25, -0.2) is 4.68 Å². The van der Waals surface area contributed by atoms with Crippen LogP contribution < -0.4 is 4.74 Å². The predicted octanol–water partition coefficient (Wildman–Crippen LogP) is 3.28. The molecule has 23 heavy (non-hydrogen) atoms. The van der Waals surface area contributed by atoms with E-state index >= 15 is 0 Å². The van der Waals surface area contributed by atoms with E-state index in [1.807, 2.05) is 22.9 Å². The summed E-state index contributed by atoms with van der Waals surface area (Å²) in [5.74, 6) is 0.928. The van der Waals surface area contributed by atoms with Gasteiger partial charge in [-0.15, -0.1) is 5.10 Å². The zero-order valence-electron chi connectivity index (χ0n) is 14.2. The molecule has 0 radical (unpaired) electrons. The van der Waals surface area contributed by atoms with E-state index in [1.165, 1.54) is 5.56 Å². The minimum atomic E-state index is -0.0322. The number of nitrogens with zero attached hydrogens (tertiary/aromatic N) is 3. The van der Waals surface area contributed by atoms with Crippen LogP contribution in [0.15, 0.2) is 24.3 Å². The Bertz CT molecular complexity index is 596. The number of benzene rings is 1.